The van der Waals surface area contributed by atoms with Gasteiger partial charge >= 0.3 is 0 Å². The predicted molar refractivity (Wildman–Crippen MR) is 120 cm³/mol. The number of benzene rings is 3. The van der Waals surface area contributed by atoms with Gasteiger partial charge in [-0.25, -0.2) is 0 Å². The topological polar surface area (TPSA) is 70.2 Å². The third kappa shape index (κ3) is 6.29. The highest BCUT2D eigenvalue weighted by Gasteiger charge is 2.11. The van der Waals surface area contributed by atoms with E-state index in [-0.39, 0.29) is 24.4 Å². The lowest BCUT2D eigenvalue weighted by Crippen LogP contribution is -2.31. The number of carbonyl (C=O) groups excluding carboxylic acids is 2. The average molecular weight is 402 g/mol. The molecule has 2 amide bonds. The zero-order chi connectivity index (χ0) is 21.2. The van der Waals surface area contributed by atoms with Crippen LogP contribution in [0.2, 0.25) is 0 Å². The Labute approximate surface area is 177 Å². The van der Waals surface area contributed by atoms with Gasteiger partial charge in [0.2, 0.25) is 5.91 Å². The van der Waals surface area contributed by atoms with Crippen LogP contribution in [0.25, 0.3) is 0 Å². The van der Waals surface area contributed by atoms with E-state index in [0.29, 0.717) is 17.8 Å². The van der Waals surface area contributed by atoms with Gasteiger partial charge in [-0.05, 0) is 35.7 Å². The number of hydrogen-bond acceptors (Lipinski definition) is 3. The van der Waals surface area contributed by atoms with Crippen molar-refractivity contribution >= 4 is 17.5 Å². The molecule has 5 heteroatoms. The van der Waals surface area contributed by atoms with Gasteiger partial charge in [0.1, 0.15) is 0 Å². The molecule has 1 atom stereocenters. The minimum Gasteiger partial charge on any atom is -0.348 e. The van der Waals surface area contributed by atoms with Gasteiger partial charge in [0, 0.05) is 23.8 Å². The molecular weight excluding hydrogens is 374 g/mol. The fraction of sp³-hybridized carbons (Fsp3) is 0.200. The van der Waals surface area contributed by atoms with Crippen LogP contribution in [0.5, 0.6) is 0 Å². The van der Waals surface area contributed by atoms with Gasteiger partial charge in [-0.3, -0.25) is 9.59 Å². The number of hydrogen-bond donors (Lipinski definition) is 3. The maximum absolute atomic E-state index is 12.4. The fourth-order valence-electron chi connectivity index (χ4n) is 3.22. The van der Waals surface area contributed by atoms with Crippen molar-refractivity contribution in [1.82, 2.24) is 10.6 Å². The molecule has 0 aromatic heterocycles. The molecule has 0 bridgehead atoms. The molecule has 3 N–H and O–H groups in total. The van der Waals surface area contributed by atoms with Crippen LogP contribution in [-0.4, -0.2) is 18.4 Å². The molecule has 0 saturated carbocycles. The Bertz CT molecular complexity index is 958. The average Bonchev–Trinajstić information content (AvgIpc) is 2.79. The van der Waals surface area contributed by atoms with Gasteiger partial charge in [-0.1, -0.05) is 73.7 Å². The SMILES string of the molecule is CCC(NCC(=O)Nc1cccc(C(=O)NCc2ccccc2)c1)c1ccccc1. The summed E-state index contributed by atoms with van der Waals surface area (Å²) in [6.07, 6.45) is 0.883. The first-order valence-electron chi connectivity index (χ1n) is 10.2. The summed E-state index contributed by atoms with van der Waals surface area (Å²) >= 11 is 0. The second-order valence-corrected chi connectivity index (χ2v) is 7.05. The Morgan fingerprint density at radius 2 is 1.57 bits per heavy atom. The third-order valence-electron chi connectivity index (χ3n) is 4.82. The standard InChI is InChI=1S/C25H27N3O2/c1-2-23(20-12-7-4-8-13-20)26-18-24(29)28-22-15-9-14-21(16-22)25(30)27-17-19-10-5-3-6-11-19/h3-16,23,26H,2,17-18H2,1H3,(H,27,30)(H,28,29). The number of nitrogens with one attached hydrogen (secondary N) is 3. The van der Waals surface area contributed by atoms with Crippen LogP contribution in [0.4, 0.5) is 5.69 Å². The summed E-state index contributed by atoms with van der Waals surface area (Å²) in [4.78, 5) is 24.8. The molecule has 0 radical (unpaired) electrons. The number of carbonyl (C=O) groups is 2. The first-order chi connectivity index (χ1) is 14.7. The molecule has 30 heavy (non-hydrogen) atoms. The molecule has 0 aliphatic carbocycles. The van der Waals surface area contributed by atoms with Crippen LogP contribution < -0.4 is 16.0 Å². The van der Waals surface area contributed by atoms with Gasteiger partial charge in [0.05, 0.1) is 6.54 Å². The van der Waals surface area contributed by atoms with Crippen molar-refractivity contribution in [2.45, 2.75) is 25.9 Å². The van der Waals surface area contributed by atoms with E-state index in [1.807, 2.05) is 48.5 Å². The van der Waals surface area contributed by atoms with Crippen molar-refractivity contribution in [3.05, 3.63) is 102 Å². The summed E-state index contributed by atoms with van der Waals surface area (Å²) < 4.78 is 0. The van der Waals surface area contributed by atoms with Crippen molar-refractivity contribution in [3.63, 3.8) is 0 Å². The first-order valence-corrected chi connectivity index (χ1v) is 10.2. The van der Waals surface area contributed by atoms with Gasteiger partial charge in [0.25, 0.3) is 5.91 Å². The fourth-order valence-corrected chi connectivity index (χ4v) is 3.22. The van der Waals surface area contributed by atoms with Crippen LogP contribution in [0, 0.1) is 0 Å². The van der Waals surface area contributed by atoms with Crippen molar-refractivity contribution in [2.75, 3.05) is 11.9 Å². The lowest BCUT2D eigenvalue weighted by Gasteiger charge is -2.17. The van der Waals surface area contributed by atoms with E-state index in [1.54, 1.807) is 24.3 Å². The van der Waals surface area contributed by atoms with E-state index in [1.165, 1.54) is 0 Å². The molecule has 3 rings (SSSR count). The molecule has 5 nitrogen and oxygen atoms in total. The summed E-state index contributed by atoms with van der Waals surface area (Å²) in [5.41, 5.74) is 3.30. The Balaban J connectivity index is 1.52. The zero-order valence-corrected chi connectivity index (χ0v) is 17.1. The minimum atomic E-state index is -0.178. The molecule has 3 aromatic rings. The van der Waals surface area contributed by atoms with Crippen LogP contribution in [0.1, 0.15) is 40.9 Å². The quantitative estimate of drug-likeness (QED) is 0.501. The highest BCUT2D eigenvalue weighted by Crippen LogP contribution is 2.16. The molecule has 0 heterocycles. The summed E-state index contributed by atoms with van der Waals surface area (Å²) in [6.45, 7) is 2.73. The third-order valence-corrected chi connectivity index (χ3v) is 4.82. The monoisotopic (exact) mass is 401 g/mol. The van der Waals surface area contributed by atoms with Gasteiger partial charge < -0.3 is 16.0 Å². The molecule has 0 aliphatic heterocycles. The first kappa shape index (κ1) is 21.3. The van der Waals surface area contributed by atoms with Crippen LogP contribution in [0.3, 0.4) is 0 Å². The highest BCUT2D eigenvalue weighted by molar-refractivity contribution is 5.97. The Morgan fingerprint density at radius 1 is 0.867 bits per heavy atom. The van der Waals surface area contributed by atoms with E-state index < -0.39 is 0 Å². The molecule has 3 aromatic carbocycles. The van der Waals surface area contributed by atoms with Gasteiger partial charge in [-0.2, -0.15) is 0 Å². The van der Waals surface area contributed by atoms with E-state index in [2.05, 4.69) is 35.0 Å². The van der Waals surface area contributed by atoms with Crippen LogP contribution >= 0.6 is 0 Å². The summed E-state index contributed by atoms with van der Waals surface area (Å²) in [5.74, 6) is -0.325. The second kappa shape index (κ2) is 10.9. The van der Waals surface area contributed by atoms with Crippen molar-refractivity contribution in [3.8, 4) is 0 Å². The maximum atomic E-state index is 12.4. The summed E-state index contributed by atoms with van der Waals surface area (Å²) in [6, 6.07) is 26.9. The lowest BCUT2D eigenvalue weighted by atomic mass is 10.0. The van der Waals surface area contributed by atoms with E-state index in [9.17, 15) is 9.59 Å². The second-order valence-electron chi connectivity index (χ2n) is 7.05. The Hall–Kier alpha value is -3.44. The molecule has 1 unspecified atom stereocenters. The molecule has 0 saturated heterocycles. The largest absolute Gasteiger partial charge is 0.348 e. The van der Waals surface area contributed by atoms with Crippen molar-refractivity contribution in [1.29, 1.82) is 0 Å². The predicted octanol–water partition coefficient (Wildman–Crippen LogP) is 4.30. The Kier molecular flexibility index (Phi) is 7.75. The highest BCUT2D eigenvalue weighted by atomic mass is 16.2. The normalized spacial score (nSPS) is 11.5. The van der Waals surface area contributed by atoms with Gasteiger partial charge in [-0.15, -0.1) is 0 Å². The summed E-state index contributed by atoms with van der Waals surface area (Å²) in [7, 11) is 0. The smallest absolute Gasteiger partial charge is 0.251 e. The van der Waals surface area contributed by atoms with Crippen LogP contribution in [-0.2, 0) is 11.3 Å². The molecule has 0 spiro atoms. The van der Waals surface area contributed by atoms with Crippen molar-refractivity contribution in [2.24, 2.45) is 0 Å². The van der Waals surface area contributed by atoms with E-state index >= 15 is 0 Å². The number of anilines is 1. The zero-order valence-electron chi connectivity index (χ0n) is 17.1. The van der Waals surface area contributed by atoms with Crippen molar-refractivity contribution < 1.29 is 9.59 Å². The van der Waals surface area contributed by atoms with E-state index in [0.717, 1.165) is 17.5 Å². The molecule has 154 valence electrons. The van der Waals surface area contributed by atoms with E-state index in [4.69, 9.17) is 0 Å². The molecule has 0 fully saturated rings. The maximum Gasteiger partial charge on any atom is 0.251 e. The molecule has 0 aliphatic rings. The number of rotatable bonds is 9. The Morgan fingerprint density at radius 3 is 2.27 bits per heavy atom. The van der Waals surface area contributed by atoms with Gasteiger partial charge in [0.15, 0.2) is 0 Å². The molecular formula is C25H27N3O2. The summed E-state index contributed by atoms with van der Waals surface area (Å²) in [5, 5.41) is 9.05. The number of amides is 2. The van der Waals surface area contributed by atoms with Crippen LogP contribution in [0.15, 0.2) is 84.9 Å². The lowest BCUT2D eigenvalue weighted by molar-refractivity contribution is -0.115. The minimum absolute atomic E-state index is 0.118.